The average Bonchev–Trinajstić information content (AvgIpc) is 3.00. The van der Waals surface area contributed by atoms with Crippen molar-refractivity contribution in [2.24, 2.45) is 4.40 Å². The van der Waals surface area contributed by atoms with E-state index in [0.29, 0.717) is 5.69 Å². The number of rotatable bonds is 5. The third-order valence-electron chi connectivity index (χ3n) is 3.74. The molecule has 0 atom stereocenters. The molecule has 11 nitrogen and oxygen atoms in total. The molecule has 2 aromatic carbocycles. The maximum absolute atomic E-state index is 12.3. The summed E-state index contributed by atoms with van der Waals surface area (Å²) >= 11 is 0. The molecule has 0 aromatic heterocycles. The van der Waals surface area contributed by atoms with Gasteiger partial charge in [0.2, 0.25) is 5.96 Å². The van der Waals surface area contributed by atoms with Gasteiger partial charge in [-0.2, -0.15) is 8.42 Å². The van der Waals surface area contributed by atoms with Crippen LogP contribution in [-0.2, 0) is 14.8 Å². The Morgan fingerprint density at radius 1 is 1.14 bits per heavy atom. The number of hydrogen-bond acceptors (Lipinski definition) is 7. The number of allylic oxidation sites excluding steroid dienone is 1. The number of nitrogens with one attached hydrogen (secondary N) is 2. The molecule has 148 valence electrons. The highest BCUT2D eigenvalue weighted by molar-refractivity contribution is 7.90. The number of guanidine groups is 1. The van der Waals surface area contributed by atoms with Crippen LogP contribution in [0.15, 0.2) is 69.6 Å². The topological polar surface area (TPSA) is 174 Å². The summed E-state index contributed by atoms with van der Waals surface area (Å²) in [6, 6.07) is 10.2. The second-order valence-electron chi connectivity index (χ2n) is 5.79. The summed E-state index contributed by atoms with van der Waals surface area (Å²) in [5.41, 5.74) is 5.33. The highest BCUT2D eigenvalue weighted by Crippen LogP contribution is 2.16. The zero-order valence-corrected chi connectivity index (χ0v) is 15.3. The molecular weight excluding hydrogens is 402 g/mol. The van der Waals surface area contributed by atoms with Crippen molar-refractivity contribution < 1.29 is 22.9 Å². The Labute approximate surface area is 164 Å². The largest absolute Gasteiger partial charge is 0.399 e. The van der Waals surface area contributed by atoms with Gasteiger partial charge in [-0.15, -0.1) is 4.40 Å². The van der Waals surface area contributed by atoms with Crippen molar-refractivity contribution in [3.05, 3.63) is 76.0 Å². The van der Waals surface area contributed by atoms with Crippen LogP contribution in [0.25, 0.3) is 0 Å². The Hall–Kier alpha value is -4.06. The van der Waals surface area contributed by atoms with Crippen LogP contribution >= 0.6 is 0 Å². The number of nitrogens with zero attached hydrogens (tertiary/aromatic N) is 2. The van der Waals surface area contributed by atoms with Crippen LogP contribution in [0.5, 0.6) is 0 Å². The second-order valence-corrected chi connectivity index (χ2v) is 7.40. The fraction of sp³-hybridized carbons (Fsp3) is 0. The maximum atomic E-state index is 12.3. The van der Waals surface area contributed by atoms with Crippen LogP contribution in [0.3, 0.4) is 0 Å². The Bertz CT molecular complexity index is 1190. The summed E-state index contributed by atoms with van der Waals surface area (Å²) < 4.78 is 28.1. The SMILES string of the molecule is Nc1ccc(S(=O)(=O)/N=C2/NC(=O)/C(=C/C(=O)c3cccc([N+](=O)[O-])c3)N2)cc1. The normalized spacial score (nSPS) is 16.5. The van der Waals surface area contributed by atoms with E-state index in [1.807, 2.05) is 0 Å². The van der Waals surface area contributed by atoms with Gasteiger partial charge in [-0.1, -0.05) is 12.1 Å². The van der Waals surface area contributed by atoms with Crippen molar-refractivity contribution in [2.75, 3.05) is 5.73 Å². The Kier molecular flexibility index (Phi) is 5.10. The first-order valence-electron chi connectivity index (χ1n) is 7.95. The lowest BCUT2D eigenvalue weighted by Gasteiger charge is -2.01. The number of amides is 1. The van der Waals surface area contributed by atoms with Crippen molar-refractivity contribution in [3.63, 3.8) is 0 Å². The second kappa shape index (κ2) is 7.52. The minimum Gasteiger partial charge on any atom is -0.399 e. The van der Waals surface area contributed by atoms with Crippen molar-refractivity contribution in [2.45, 2.75) is 4.90 Å². The minimum atomic E-state index is -4.14. The number of nitro groups is 1. The van der Waals surface area contributed by atoms with Gasteiger partial charge in [-0.05, 0) is 24.3 Å². The lowest BCUT2D eigenvalue weighted by atomic mass is 10.1. The first-order valence-corrected chi connectivity index (χ1v) is 9.39. The zero-order chi connectivity index (χ0) is 21.2. The lowest BCUT2D eigenvalue weighted by molar-refractivity contribution is -0.384. The summed E-state index contributed by atoms with van der Waals surface area (Å²) in [5, 5.41) is 15.4. The van der Waals surface area contributed by atoms with E-state index in [2.05, 4.69) is 15.0 Å². The van der Waals surface area contributed by atoms with E-state index in [0.717, 1.165) is 12.1 Å². The molecule has 1 aliphatic heterocycles. The van der Waals surface area contributed by atoms with Crippen molar-refractivity contribution in [3.8, 4) is 0 Å². The molecule has 1 heterocycles. The maximum Gasteiger partial charge on any atom is 0.285 e. The van der Waals surface area contributed by atoms with E-state index in [9.17, 15) is 28.1 Å². The van der Waals surface area contributed by atoms with E-state index in [1.165, 1.54) is 42.5 Å². The fourth-order valence-electron chi connectivity index (χ4n) is 2.34. The number of anilines is 1. The van der Waals surface area contributed by atoms with Gasteiger partial charge in [-0.3, -0.25) is 25.0 Å². The molecule has 29 heavy (non-hydrogen) atoms. The van der Waals surface area contributed by atoms with Crippen LogP contribution in [-0.4, -0.2) is 31.0 Å². The molecular formula is C17H13N5O6S. The minimum absolute atomic E-state index is 0.0128. The van der Waals surface area contributed by atoms with E-state index in [1.54, 1.807) is 0 Å². The molecule has 0 spiro atoms. The van der Waals surface area contributed by atoms with Gasteiger partial charge in [0.25, 0.3) is 21.6 Å². The highest BCUT2D eigenvalue weighted by atomic mass is 32.2. The number of nitro benzene ring substituents is 1. The standard InChI is InChI=1S/C17H13N5O6S/c18-11-4-6-13(7-5-11)29(27,28)21-17-19-14(16(24)20-17)9-15(23)10-2-1-3-12(8-10)22(25)26/h1-9H,18H2,(H2,19,20,21,24)/b14-9-. The average molecular weight is 415 g/mol. The monoisotopic (exact) mass is 415 g/mol. The van der Waals surface area contributed by atoms with E-state index in [4.69, 9.17) is 5.73 Å². The number of carbonyl (C=O) groups excluding carboxylic acids is 2. The number of sulfonamides is 1. The Morgan fingerprint density at radius 2 is 1.83 bits per heavy atom. The van der Waals surface area contributed by atoms with Gasteiger partial charge in [0.1, 0.15) is 5.70 Å². The quantitative estimate of drug-likeness (QED) is 0.210. The number of hydrogen-bond donors (Lipinski definition) is 3. The molecule has 0 bridgehead atoms. The van der Waals surface area contributed by atoms with Gasteiger partial charge in [0, 0.05) is 29.5 Å². The third-order valence-corrected chi connectivity index (χ3v) is 5.03. The van der Waals surface area contributed by atoms with Crippen LogP contribution < -0.4 is 16.4 Å². The molecule has 1 aliphatic rings. The number of nitrogen functional groups attached to an aromatic ring is 1. The summed E-state index contributed by atoms with van der Waals surface area (Å²) in [7, 11) is -4.14. The predicted octanol–water partition coefficient (Wildman–Crippen LogP) is 0.708. The van der Waals surface area contributed by atoms with Gasteiger partial charge in [0.15, 0.2) is 5.78 Å². The lowest BCUT2D eigenvalue weighted by Crippen LogP contribution is -2.26. The van der Waals surface area contributed by atoms with Crippen LogP contribution in [0.2, 0.25) is 0 Å². The molecule has 1 fully saturated rings. The zero-order valence-electron chi connectivity index (χ0n) is 14.5. The van der Waals surface area contributed by atoms with Gasteiger partial charge >= 0.3 is 0 Å². The summed E-state index contributed by atoms with van der Waals surface area (Å²) in [5.74, 6) is -1.85. The molecule has 2 aromatic rings. The molecule has 3 rings (SSSR count). The molecule has 1 amide bonds. The van der Waals surface area contributed by atoms with Crippen LogP contribution in [0.1, 0.15) is 10.4 Å². The summed E-state index contributed by atoms with van der Waals surface area (Å²) in [4.78, 5) is 34.3. The fourth-order valence-corrected chi connectivity index (χ4v) is 3.25. The van der Waals surface area contributed by atoms with E-state index in [-0.39, 0.29) is 27.8 Å². The number of carbonyl (C=O) groups is 2. The molecule has 1 saturated heterocycles. The molecule has 0 saturated carbocycles. The van der Waals surface area contributed by atoms with Gasteiger partial charge in [0.05, 0.1) is 9.82 Å². The van der Waals surface area contributed by atoms with Crippen LogP contribution in [0.4, 0.5) is 11.4 Å². The Morgan fingerprint density at radius 3 is 2.48 bits per heavy atom. The van der Waals surface area contributed by atoms with Crippen molar-refractivity contribution >= 4 is 39.0 Å². The van der Waals surface area contributed by atoms with Gasteiger partial charge < -0.3 is 11.1 Å². The first-order chi connectivity index (χ1) is 13.7. The van der Waals surface area contributed by atoms with Crippen LogP contribution in [0, 0.1) is 10.1 Å². The molecule has 12 heteroatoms. The van der Waals surface area contributed by atoms with E-state index >= 15 is 0 Å². The highest BCUT2D eigenvalue weighted by Gasteiger charge is 2.26. The number of benzene rings is 2. The van der Waals surface area contributed by atoms with E-state index < -0.39 is 26.6 Å². The first kappa shape index (κ1) is 19.7. The Balaban J connectivity index is 1.83. The number of nitrogens with two attached hydrogens (primary N) is 1. The van der Waals surface area contributed by atoms with Crippen molar-refractivity contribution in [1.82, 2.24) is 10.6 Å². The molecule has 0 unspecified atom stereocenters. The predicted molar refractivity (Wildman–Crippen MR) is 102 cm³/mol. The molecule has 0 aliphatic carbocycles. The molecule has 0 radical (unpaired) electrons. The third kappa shape index (κ3) is 4.44. The number of ketones is 1. The van der Waals surface area contributed by atoms with Crippen molar-refractivity contribution in [1.29, 1.82) is 0 Å². The summed E-state index contributed by atoms with van der Waals surface area (Å²) in [6.45, 7) is 0. The summed E-state index contributed by atoms with van der Waals surface area (Å²) in [6.07, 6.45) is 0.896. The molecule has 4 N–H and O–H groups in total. The van der Waals surface area contributed by atoms with Gasteiger partial charge in [-0.25, -0.2) is 0 Å². The number of non-ortho nitro benzene ring substituents is 1. The smallest absolute Gasteiger partial charge is 0.285 e.